The average Bonchev–Trinajstić information content (AvgIpc) is 2.80. The molecule has 1 heterocycles. The van der Waals surface area contributed by atoms with Crippen LogP contribution in [0.2, 0.25) is 0 Å². The van der Waals surface area contributed by atoms with Gasteiger partial charge in [-0.3, -0.25) is 4.79 Å². The standard InChI is InChI=1S/C12H20N2O3S2/c1-3-9-4-5-10(18-9)8-14-12(15)11(13)6-7-19(2,16)17/h4-5,11H,3,6-8,13H2,1-2H3,(H,14,15). The van der Waals surface area contributed by atoms with Crippen LogP contribution in [0, 0.1) is 0 Å². The highest BCUT2D eigenvalue weighted by Gasteiger charge is 2.15. The van der Waals surface area contributed by atoms with Crippen molar-refractivity contribution in [1.29, 1.82) is 0 Å². The molecule has 0 bridgehead atoms. The number of sulfone groups is 1. The normalized spacial score (nSPS) is 13.2. The van der Waals surface area contributed by atoms with Crippen molar-refractivity contribution < 1.29 is 13.2 Å². The number of rotatable bonds is 7. The molecule has 1 aromatic heterocycles. The summed E-state index contributed by atoms with van der Waals surface area (Å²) in [5.41, 5.74) is 5.65. The van der Waals surface area contributed by atoms with Crippen molar-refractivity contribution in [1.82, 2.24) is 5.32 Å². The minimum absolute atomic E-state index is 0.0689. The maximum atomic E-state index is 11.7. The van der Waals surface area contributed by atoms with E-state index in [4.69, 9.17) is 5.73 Å². The Bertz CT molecular complexity index is 523. The summed E-state index contributed by atoms with van der Waals surface area (Å²) in [6, 6.07) is 3.24. The first-order valence-corrected chi connectivity index (χ1v) is 8.98. The van der Waals surface area contributed by atoms with Gasteiger partial charge in [0.15, 0.2) is 0 Å². The van der Waals surface area contributed by atoms with E-state index in [-0.39, 0.29) is 18.1 Å². The third kappa shape index (κ3) is 6.17. The van der Waals surface area contributed by atoms with E-state index in [1.54, 1.807) is 11.3 Å². The van der Waals surface area contributed by atoms with Crippen LogP contribution in [0.25, 0.3) is 0 Å². The zero-order valence-electron chi connectivity index (χ0n) is 11.2. The van der Waals surface area contributed by atoms with Crippen LogP contribution in [0.1, 0.15) is 23.1 Å². The van der Waals surface area contributed by atoms with Gasteiger partial charge in [-0.1, -0.05) is 6.92 Å². The van der Waals surface area contributed by atoms with Gasteiger partial charge < -0.3 is 11.1 Å². The highest BCUT2D eigenvalue weighted by Crippen LogP contribution is 2.16. The molecule has 0 spiro atoms. The molecule has 0 radical (unpaired) electrons. The fraction of sp³-hybridized carbons (Fsp3) is 0.583. The second-order valence-corrected chi connectivity index (χ2v) is 7.98. The minimum Gasteiger partial charge on any atom is -0.350 e. The lowest BCUT2D eigenvalue weighted by Crippen LogP contribution is -2.41. The number of carbonyl (C=O) groups excluding carboxylic acids is 1. The predicted octanol–water partition coefficient (Wildman–Crippen LogP) is 0.689. The summed E-state index contributed by atoms with van der Waals surface area (Å²) in [4.78, 5) is 14.0. The zero-order chi connectivity index (χ0) is 14.5. The van der Waals surface area contributed by atoms with Gasteiger partial charge in [0.25, 0.3) is 0 Å². The van der Waals surface area contributed by atoms with Gasteiger partial charge >= 0.3 is 0 Å². The van der Waals surface area contributed by atoms with Gasteiger partial charge in [0.2, 0.25) is 5.91 Å². The van der Waals surface area contributed by atoms with E-state index < -0.39 is 15.9 Å². The number of nitrogens with two attached hydrogens (primary N) is 1. The topological polar surface area (TPSA) is 89.3 Å². The average molecular weight is 304 g/mol. The maximum absolute atomic E-state index is 11.7. The molecule has 7 heteroatoms. The zero-order valence-corrected chi connectivity index (χ0v) is 12.8. The summed E-state index contributed by atoms with van der Waals surface area (Å²) in [5.74, 6) is -0.379. The molecule has 0 aliphatic rings. The molecule has 0 aliphatic carbocycles. The van der Waals surface area contributed by atoms with Gasteiger partial charge in [0, 0.05) is 16.0 Å². The van der Waals surface area contributed by atoms with E-state index in [9.17, 15) is 13.2 Å². The summed E-state index contributed by atoms with van der Waals surface area (Å²) >= 11 is 1.65. The third-order valence-electron chi connectivity index (χ3n) is 2.64. The van der Waals surface area contributed by atoms with Gasteiger partial charge in [-0.05, 0) is 25.0 Å². The SMILES string of the molecule is CCc1ccc(CNC(=O)C(N)CCS(C)(=O)=O)s1. The summed E-state index contributed by atoms with van der Waals surface area (Å²) in [6.07, 6.45) is 2.26. The Labute approximate surface area is 118 Å². The summed E-state index contributed by atoms with van der Waals surface area (Å²) < 4.78 is 22.0. The molecular weight excluding hydrogens is 284 g/mol. The Balaban J connectivity index is 2.38. The van der Waals surface area contributed by atoms with Gasteiger partial charge in [-0.25, -0.2) is 8.42 Å². The van der Waals surface area contributed by atoms with Crippen molar-refractivity contribution in [3.8, 4) is 0 Å². The maximum Gasteiger partial charge on any atom is 0.237 e. The largest absolute Gasteiger partial charge is 0.350 e. The second-order valence-electron chi connectivity index (χ2n) is 4.46. The number of thiophene rings is 1. The molecule has 0 saturated carbocycles. The van der Waals surface area contributed by atoms with Crippen LogP contribution in [0.5, 0.6) is 0 Å². The summed E-state index contributed by atoms with van der Waals surface area (Å²) in [6.45, 7) is 2.52. The highest BCUT2D eigenvalue weighted by atomic mass is 32.2. The first kappa shape index (κ1) is 16.1. The monoisotopic (exact) mass is 304 g/mol. The van der Waals surface area contributed by atoms with Crippen molar-refractivity contribution in [2.24, 2.45) is 5.73 Å². The molecule has 0 aromatic carbocycles. The number of nitrogens with one attached hydrogen (secondary N) is 1. The Morgan fingerprint density at radius 1 is 1.42 bits per heavy atom. The molecule has 19 heavy (non-hydrogen) atoms. The van der Waals surface area contributed by atoms with Gasteiger partial charge in [0.1, 0.15) is 9.84 Å². The quantitative estimate of drug-likeness (QED) is 0.775. The number of amides is 1. The molecule has 1 unspecified atom stereocenters. The van der Waals surface area contributed by atoms with Crippen LogP contribution < -0.4 is 11.1 Å². The fourth-order valence-electron chi connectivity index (χ4n) is 1.48. The van der Waals surface area contributed by atoms with E-state index in [1.807, 2.05) is 12.1 Å². The van der Waals surface area contributed by atoms with E-state index in [0.717, 1.165) is 17.6 Å². The molecule has 0 saturated heterocycles. The van der Waals surface area contributed by atoms with Crippen LogP contribution in [-0.4, -0.2) is 32.4 Å². The summed E-state index contributed by atoms with van der Waals surface area (Å²) in [5, 5.41) is 2.72. The lowest BCUT2D eigenvalue weighted by Gasteiger charge is -2.10. The lowest BCUT2D eigenvalue weighted by atomic mass is 10.2. The minimum atomic E-state index is -3.08. The highest BCUT2D eigenvalue weighted by molar-refractivity contribution is 7.90. The molecule has 1 rings (SSSR count). The molecule has 0 fully saturated rings. The van der Waals surface area contributed by atoms with Crippen LogP contribution in [-0.2, 0) is 27.6 Å². The molecule has 1 atom stereocenters. The van der Waals surface area contributed by atoms with Gasteiger partial charge in [0.05, 0.1) is 18.3 Å². The Morgan fingerprint density at radius 2 is 2.05 bits per heavy atom. The molecule has 5 nitrogen and oxygen atoms in total. The van der Waals surface area contributed by atoms with Crippen molar-refractivity contribution in [3.05, 3.63) is 21.9 Å². The second kappa shape index (κ2) is 7.02. The molecule has 0 aliphatic heterocycles. The number of hydrogen-bond donors (Lipinski definition) is 2. The molecular formula is C12H20N2O3S2. The van der Waals surface area contributed by atoms with Crippen molar-refractivity contribution in [2.75, 3.05) is 12.0 Å². The van der Waals surface area contributed by atoms with Gasteiger partial charge in [-0.15, -0.1) is 11.3 Å². The van der Waals surface area contributed by atoms with E-state index >= 15 is 0 Å². The smallest absolute Gasteiger partial charge is 0.237 e. The summed E-state index contributed by atoms with van der Waals surface area (Å²) in [7, 11) is -3.08. The van der Waals surface area contributed by atoms with Crippen LogP contribution in [0.4, 0.5) is 0 Å². The Kier molecular flexibility index (Phi) is 5.96. The fourth-order valence-corrected chi connectivity index (χ4v) is 3.06. The van der Waals surface area contributed by atoms with Gasteiger partial charge in [-0.2, -0.15) is 0 Å². The lowest BCUT2D eigenvalue weighted by molar-refractivity contribution is -0.122. The van der Waals surface area contributed by atoms with Crippen LogP contribution in [0.15, 0.2) is 12.1 Å². The first-order valence-electron chi connectivity index (χ1n) is 6.10. The predicted molar refractivity (Wildman–Crippen MR) is 77.8 cm³/mol. The van der Waals surface area contributed by atoms with E-state index in [2.05, 4.69) is 12.2 Å². The van der Waals surface area contributed by atoms with E-state index in [0.29, 0.717) is 6.54 Å². The van der Waals surface area contributed by atoms with E-state index in [1.165, 1.54) is 4.88 Å². The molecule has 1 amide bonds. The third-order valence-corrected chi connectivity index (χ3v) is 4.85. The van der Waals surface area contributed by atoms with Crippen molar-refractivity contribution in [2.45, 2.75) is 32.4 Å². The number of carbonyl (C=O) groups is 1. The number of hydrogen-bond acceptors (Lipinski definition) is 5. The first-order chi connectivity index (χ1) is 8.81. The Morgan fingerprint density at radius 3 is 2.58 bits per heavy atom. The molecule has 3 N–H and O–H groups in total. The van der Waals surface area contributed by atoms with Crippen molar-refractivity contribution in [3.63, 3.8) is 0 Å². The van der Waals surface area contributed by atoms with Crippen LogP contribution >= 0.6 is 11.3 Å². The molecule has 1 aromatic rings. The van der Waals surface area contributed by atoms with Crippen molar-refractivity contribution >= 4 is 27.1 Å². The number of aryl methyl sites for hydroxylation is 1. The Hall–Kier alpha value is -0.920. The molecule has 108 valence electrons. The van der Waals surface area contributed by atoms with Crippen LogP contribution in [0.3, 0.4) is 0 Å².